The van der Waals surface area contributed by atoms with E-state index in [2.05, 4.69) is 17.6 Å². The molecule has 0 heterocycles. The fourth-order valence-corrected chi connectivity index (χ4v) is 2.00. The van der Waals surface area contributed by atoms with Crippen LogP contribution in [0.2, 0.25) is 0 Å². The minimum atomic E-state index is -0.926. The molecule has 1 aromatic rings. The lowest BCUT2D eigenvalue weighted by Gasteiger charge is -2.19. The molecule has 1 aromatic carbocycles. The molecule has 0 radical (unpaired) electrons. The van der Waals surface area contributed by atoms with Crippen LogP contribution in [-0.4, -0.2) is 29.6 Å². The van der Waals surface area contributed by atoms with E-state index < -0.39 is 12.0 Å². The van der Waals surface area contributed by atoms with E-state index in [4.69, 9.17) is 5.11 Å². The van der Waals surface area contributed by atoms with Gasteiger partial charge >= 0.3 is 5.97 Å². The highest BCUT2D eigenvalue weighted by molar-refractivity contribution is 5.92. The summed E-state index contributed by atoms with van der Waals surface area (Å²) in [6, 6.07) is 6.91. The highest BCUT2D eigenvalue weighted by Gasteiger charge is 2.23. The number of carboxylic acid groups (broad SMARTS) is 1. The van der Waals surface area contributed by atoms with E-state index >= 15 is 0 Å². The van der Waals surface area contributed by atoms with E-state index in [-0.39, 0.29) is 18.4 Å². The lowest BCUT2D eigenvalue weighted by molar-refractivity contribution is -0.140. The van der Waals surface area contributed by atoms with Crippen molar-refractivity contribution in [2.75, 3.05) is 11.9 Å². The van der Waals surface area contributed by atoms with Gasteiger partial charge in [0.2, 0.25) is 5.91 Å². The van der Waals surface area contributed by atoms with Crippen LogP contribution in [0.25, 0.3) is 0 Å². The Morgan fingerprint density at radius 1 is 1.19 bits per heavy atom. The molecule has 5 nitrogen and oxygen atoms in total. The number of aliphatic carboxylic acids is 1. The van der Waals surface area contributed by atoms with Crippen LogP contribution < -0.4 is 10.6 Å². The molecule has 0 aliphatic carbocycles. The summed E-state index contributed by atoms with van der Waals surface area (Å²) in [5.41, 5.74) is 1.92. The first-order valence-corrected chi connectivity index (χ1v) is 7.32. The standard InChI is InChI=1S/C16H24N2O3/c1-4-11(3)15(16(20)21)17-10-14(19)18-13-8-6-12(5-2)7-9-13/h6-9,11,15,17H,4-5,10H2,1-3H3,(H,18,19)(H,20,21)/t11-,15-/m0/s1. The van der Waals surface area contributed by atoms with Crippen LogP contribution in [0.1, 0.15) is 32.8 Å². The zero-order chi connectivity index (χ0) is 15.8. The molecule has 1 rings (SSSR count). The average Bonchev–Trinajstić information content (AvgIpc) is 2.47. The molecule has 0 saturated heterocycles. The molecule has 0 unspecified atom stereocenters. The first kappa shape index (κ1) is 17.2. The van der Waals surface area contributed by atoms with Gasteiger partial charge < -0.3 is 10.4 Å². The second-order valence-electron chi connectivity index (χ2n) is 5.18. The third kappa shape index (κ3) is 5.55. The number of hydrogen-bond donors (Lipinski definition) is 3. The van der Waals surface area contributed by atoms with Crippen molar-refractivity contribution < 1.29 is 14.7 Å². The molecule has 5 heteroatoms. The Morgan fingerprint density at radius 3 is 2.29 bits per heavy atom. The average molecular weight is 292 g/mol. The van der Waals surface area contributed by atoms with Crippen molar-refractivity contribution in [3.8, 4) is 0 Å². The number of anilines is 1. The molecule has 0 bridgehead atoms. The summed E-state index contributed by atoms with van der Waals surface area (Å²) in [5, 5.41) is 14.7. The van der Waals surface area contributed by atoms with Gasteiger partial charge in [0.1, 0.15) is 6.04 Å². The van der Waals surface area contributed by atoms with E-state index in [1.54, 1.807) is 0 Å². The van der Waals surface area contributed by atoms with E-state index in [0.29, 0.717) is 0 Å². The fourth-order valence-electron chi connectivity index (χ4n) is 2.00. The molecule has 2 atom stereocenters. The van der Waals surface area contributed by atoms with Crippen LogP contribution in [-0.2, 0) is 16.0 Å². The Morgan fingerprint density at radius 2 is 1.81 bits per heavy atom. The largest absolute Gasteiger partial charge is 0.480 e. The smallest absolute Gasteiger partial charge is 0.320 e. The maximum absolute atomic E-state index is 11.8. The predicted octanol–water partition coefficient (Wildman–Crippen LogP) is 2.28. The molecule has 0 aromatic heterocycles. The van der Waals surface area contributed by atoms with E-state index in [1.807, 2.05) is 38.1 Å². The second kappa shape index (κ2) is 8.42. The zero-order valence-corrected chi connectivity index (χ0v) is 12.8. The highest BCUT2D eigenvalue weighted by Crippen LogP contribution is 2.10. The van der Waals surface area contributed by atoms with E-state index in [0.717, 1.165) is 18.5 Å². The number of carboxylic acids is 1. The third-order valence-corrected chi connectivity index (χ3v) is 3.61. The van der Waals surface area contributed by atoms with Gasteiger partial charge in [-0.25, -0.2) is 0 Å². The van der Waals surface area contributed by atoms with Crippen molar-refractivity contribution in [2.45, 2.75) is 39.7 Å². The van der Waals surface area contributed by atoms with Crippen molar-refractivity contribution in [1.29, 1.82) is 0 Å². The normalized spacial score (nSPS) is 13.5. The number of aryl methyl sites for hydroxylation is 1. The van der Waals surface area contributed by atoms with Gasteiger partial charge in [0.15, 0.2) is 0 Å². The Hall–Kier alpha value is -1.88. The van der Waals surface area contributed by atoms with E-state index in [9.17, 15) is 9.59 Å². The van der Waals surface area contributed by atoms with Gasteiger partial charge in [-0.2, -0.15) is 0 Å². The minimum absolute atomic E-state index is 0.0170. The highest BCUT2D eigenvalue weighted by atomic mass is 16.4. The Labute approximate surface area is 125 Å². The molecular formula is C16H24N2O3. The van der Waals surface area contributed by atoms with Crippen LogP contribution in [0, 0.1) is 5.92 Å². The Balaban J connectivity index is 2.50. The zero-order valence-electron chi connectivity index (χ0n) is 12.8. The number of carbonyl (C=O) groups excluding carboxylic acids is 1. The minimum Gasteiger partial charge on any atom is -0.480 e. The van der Waals surface area contributed by atoms with Gasteiger partial charge in [-0.3, -0.25) is 14.9 Å². The number of hydrogen-bond acceptors (Lipinski definition) is 3. The Bertz CT molecular complexity index is 471. The first-order valence-electron chi connectivity index (χ1n) is 7.32. The molecule has 0 saturated carbocycles. The molecule has 116 valence electrons. The van der Waals surface area contributed by atoms with Gasteiger partial charge in [0, 0.05) is 5.69 Å². The third-order valence-electron chi connectivity index (χ3n) is 3.61. The summed E-state index contributed by atoms with van der Waals surface area (Å²) in [7, 11) is 0. The lowest BCUT2D eigenvalue weighted by Crippen LogP contribution is -2.45. The Kier molecular flexibility index (Phi) is 6.88. The van der Waals surface area contributed by atoms with Crippen LogP contribution >= 0.6 is 0 Å². The summed E-state index contributed by atoms with van der Waals surface area (Å²) in [4.78, 5) is 23.0. The molecule has 3 N–H and O–H groups in total. The number of amides is 1. The van der Waals surface area contributed by atoms with Crippen LogP contribution in [0.4, 0.5) is 5.69 Å². The van der Waals surface area contributed by atoms with Gasteiger partial charge in [-0.05, 0) is 30.0 Å². The van der Waals surface area contributed by atoms with Gasteiger partial charge in [-0.1, -0.05) is 39.3 Å². The van der Waals surface area contributed by atoms with Crippen LogP contribution in [0.3, 0.4) is 0 Å². The molecular weight excluding hydrogens is 268 g/mol. The fraction of sp³-hybridized carbons (Fsp3) is 0.500. The molecule has 1 amide bonds. The van der Waals surface area contributed by atoms with Crippen LogP contribution in [0.5, 0.6) is 0 Å². The number of benzene rings is 1. The quantitative estimate of drug-likeness (QED) is 0.687. The maximum Gasteiger partial charge on any atom is 0.320 e. The summed E-state index contributed by atoms with van der Waals surface area (Å²) in [6.45, 7) is 5.83. The van der Waals surface area contributed by atoms with Crippen molar-refractivity contribution in [3.05, 3.63) is 29.8 Å². The molecule has 0 spiro atoms. The van der Waals surface area contributed by atoms with Crippen molar-refractivity contribution >= 4 is 17.6 Å². The predicted molar refractivity (Wildman–Crippen MR) is 83.3 cm³/mol. The molecule has 0 aliphatic rings. The van der Waals surface area contributed by atoms with Crippen molar-refractivity contribution in [1.82, 2.24) is 5.32 Å². The van der Waals surface area contributed by atoms with Gasteiger partial charge in [0.05, 0.1) is 6.54 Å². The van der Waals surface area contributed by atoms with Crippen molar-refractivity contribution in [2.24, 2.45) is 5.92 Å². The summed E-state index contributed by atoms with van der Waals surface area (Å²) in [5.74, 6) is -1.20. The SMILES string of the molecule is CCc1ccc(NC(=O)CN[C@H](C(=O)O)[C@@H](C)CC)cc1. The van der Waals surface area contributed by atoms with E-state index in [1.165, 1.54) is 5.56 Å². The topological polar surface area (TPSA) is 78.4 Å². The summed E-state index contributed by atoms with van der Waals surface area (Å²) < 4.78 is 0. The maximum atomic E-state index is 11.8. The number of rotatable bonds is 8. The number of nitrogens with one attached hydrogen (secondary N) is 2. The molecule has 0 fully saturated rings. The molecule has 21 heavy (non-hydrogen) atoms. The summed E-state index contributed by atoms with van der Waals surface area (Å²) in [6.07, 6.45) is 1.69. The van der Waals surface area contributed by atoms with Crippen LogP contribution in [0.15, 0.2) is 24.3 Å². The van der Waals surface area contributed by atoms with Crippen molar-refractivity contribution in [3.63, 3.8) is 0 Å². The number of carbonyl (C=O) groups is 2. The monoisotopic (exact) mass is 292 g/mol. The van der Waals surface area contributed by atoms with Gasteiger partial charge in [0.25, 0.3) is 0 Å². The van der Waals surface area contributed by atoms with Gasteiger partial charge in [-0.15, -0.1) is 0 Å². The second-order valence-corrected chi connectivity index (χ2v) is 5.18. The first-order chi connectivity index (χ1) is 9.97. The molecule has 0 aliphatic heterocycles. The summed E-state index contributed by atoms with van der Waals surface area (Å²) >= 11 is 0. The lowest BCUT2D eigenvalue weighted by atomic mass is 9.99.